The van der Waals surface area contributed by atoms with Crippen molar-refractivity contribution in [1.82, 2.24) is 9.97 Å². The summed E-state index contributed by atoms with van der Waals surface area (Å²) in [6, 6.07) is 12.1. The fourth-order valence-electron chi connectivity index (χ4n) is 2.76. The Morgan fingerprint density at radius 2 is 1.14 bits per heavy atom. The SMILES string of the molecule is CC[B]Oc1cc(-c2ccc(C)cn2)c(O[B]CC)cc1-c1ccc(C)cn1. The van der Waals surface area contributed by atoms with E-state index in [-0.39, 0.29) is 0 Å². The number of benzene rings is 1. The molecule has 3 rings (SSSR count). The topological polar surface area (TPSA) is 44.2 Å². The van der Waals surface area contributed by atoms with Crippen LogP contribution in [0.5, 0.6) is 11.5 Å². The van der Waals surface area contributed by atoms with Crippen LogP contribution in [0.2, 0.25) is 12.6 Å². The van der Waals surface area contributed by atoms with Gasteiger partial charge in [0, 0.05) is 23.5 Å². The molecule has 0 aliphatic rings. The van der Waals surface area contributed by atoms with Crippen LogP contribution in [0.15, 0.2) is 48.8 Å². The van der Waals surface area contributed by atoms with Crippen molar-refractivity contribution in [3.63, 3.8) is 0 Å². The molecule has 0 fully saturated rings. The molecule has 0 bridgehead atoms. The summed E-state index contributed by atoms with van der Waals surface area (Å²) in [5.41, 5.74) is 5.69. The molecule has 0 aliphatic heterocycles. The summed E-state index contributed by atoms with van der Waals surface area (Å²) in [7, 11) is 3.58. The second kappa shape index (κ2) is 9.45. The van der Waals surface area contributed by atoms with E-state index >= 15 is 0 Å². The molecule has 3 aromatic rings. The number of pyridine rings is 2. The molecule has 140 valence electrons. The highest BCUT2D eigenvalue weighted by Gasteiger charge is 2.17. The second-order valence-corrected chi connectivity index (χ2v) is 6.67. The van der Waals surface area contributed by atoms with Gasteiger partial charge in [0.05, 0.1) is 11.4 Å². The molecule has 1 aromatic carbocycles. The quantitative estimate of drug-likeness (QED) is 0.505. The van der Waals surface area contributed by atoms with E-state index in [0.717, 1.165) is 57.8 Å². The third kappa shape index (κ3) is 4.75. The molecule has 2 radical (unpaired) electrons. The lowest BCUT2D eigenvalue weighted by atomic mass is 9.94. The lowest BCUT2D eigenvalue weighted by Crippen LogP contribution is -2.05. The molecular formula is C22H24B2N2O2. The zero-order valence-electron chi connectivity index (χ0n) is 16.9. The molecule has 0 N–H and O–H groups in total. The van der Waals surface area contributed by atoms with Gasteiger partial charge >= 0.3 is 15.0 Å². The van der Waals surface area contributed by atoms with E-state index < -0.39 is 0 Å². The van der Waals surface area contributed by atoms with Crippen LogP contribution in [0.3, 0.4) is 0 Å². The molecule has 0 saturated carbocycles. The number of hydrogen-bond acceptors (Lipinski definition) is 4. The molecule has 0 amide bonds. The molecule has 2 aromatic heterocycles. The summed E-state index contributed by atoms with van der Waals surface area (Å²) in [5.74, 6) is 1.47. The molecule has 2 heterocycles. The van der Waals surface area contributed by atoms with Crippen LogP contribution in [-0.2, 0) is 0 Å². The maximum Gasteiger partial charge on any atom is 0.369 e. The number of nitrogens with zero attached hydrogens (tertiary/aromatic N) is 2. The van der Waals surface area contributed by atoms with Gasteiger partial charge in [-0.05, 0) is 61.9 Å². The molecule has 0 unspecified atom stereocenters. The van der Waals surface area contributed by atoms with Crippen LogP contribution in [0, 0.1) is 13.8 Å². The molecule has 0 spiro atoms. The van der Waals surface area contributed by atoms with Crippen molar-refractivity contribution in [2.24, 2.45) is 0 Å². The Hall–Kier alpha value is -2.75. The molecule has 0 atom stereocenters. The zero-order chi connectivity index (χ0) is 19.9. The lowest BCUT2D eigenvalue weighted by molar-refractivity contribution is 0.580. The van der Waals surface area contributed by atoms with Gasteiger partial charge in [0.2, 0.25) is 0 Å². The zero-order valence-corrected chi connectivity index (χ0v) is 16.9. The number of aromatic nitrogens is 2. The Morgan fingerprint density at radius 3 is 1.46 bits per heavy atom. The van der Waals surface area contributed by atoms with Gasteiger partial charge in [0.25, 0.3) is 0 Å². The Morgan fingerprint density at radius 1 is 0.714 bits per heavy atom. The maximum atomic E-state index is 5.96. The second-order valence-electron chi connectivity index (χ2n) is 6.67. The minimum Gasteiger partial charge on any atom is -0.563 e. The highest BCUT2D eigenvalue weighted by atomic mass is 16.4. The summed E-state index contributed by atoms with van der Waals surface area (Å²) in [6.45, 7) is 8.13. The van der Waals surface area contributed by atoms with Gasteiger partial charge in [-0.25, -0.2) is 0 Å². The van der Waals surface area contributed by atoms with Crippen molar-refractivity contribution in [1.29, 1.82) is 0 Å². The van der Waals surface area contributed by atoms with E-state index in [2.05, 4.69) is 9.97 Å². The highest BCUT2D eigenvalue weighted by Crippen LogP contribution is 2.40. The number of aryl methyl sites for hydroxylation is 2. The molecule has 6 heteroatoms. The number of hydrogen-bond donors (Lipinski definition) is 0. The van der Waals surface area contributed by atoms with Crippen molar-refractivity contribution in [2.45, 2.75) is 40.3 Å². The highest BCUT2D eigenvalue weighted by molar-refractivity contribution is 6.28. The van der Waals surface area contributed by atoms with Gasteiger partial charge in [0.1, 0.15) is 11.5 Å². The van der Waals surface area contributed by atoms with Crippen LogP contribution in [0.1, 0.15) is 25.0 Å². The van der Waals surface area contributed by atoms with Gasteiger partial charge < -0.3 is 9.31 Å². The van der Waals surface area contributed by atoms with Crippen molar-refractivity contribution >= 4 is 15.0 Å². The molecule has 4 nitrogen and oxygen atoms in total. The average Bonchev–Trinajstić information content (AvgIpc) is 2.72. The minimum atomic E-state index is 0.736. The van der Waals surface area contributed by atoms with Gasteiger partial charge in [-0.15, -0.1) is 0 Å². The summed E-state index contributed by atoms with van der Waals surface area (Å²) in [4.78, 5) is 9.15. The Bertz CT molecular complexity index is 836. The van der Waals surface area contributed by atoms with Crippen molar-refractivity contribution in [3.8, 4) is 34.0 Å². The Kier molecular flexibility index (Phi) is 6.75. The fraction of sp³-hybridized carbons (Fsp3) is 0.273. The van der Waals surface area contributed by atoms with E-state index in [1.807, 2.05) is 76.5 Å². The largest absolute Gasteiger partial charge is 0.563 e. The first-order chi connectivity index (χ1) is 13.6. The van der Waals surface area contributed by atoms with Crippen LogP contribution >= 0.6 is 0 Å². The first-order valence-electron chi connectivity index (χ1n) is 9.63. The van der Waals surface area contributed by atoms with E-state index in [1.165, 1.54) is 0 Å². The molecule has 0 aliphatic carbocycles. The molecule has 28 heavy (non-hydrogen) atoms. The summed E-state index contributed by atoms with van der Waals surface area (Å²) < 4.78 is 11.9. The van der Waals surface area contributed by atoms with Gasteiger partial charge in [-0.2, -0.15) is 0 Å². The monoisotopic (exact) mass is 370 g/mol. The first kappa shape index (κ1) is 20.0. The van der Waals surface area contributed by atoms with Crippen LogP contribution < -0.4 is 9.31 Å². The van der Waals surface area contributed by atoms with E-state index in [4.69, 9.17) is 9.31 Å². The summed E-state index contributed by atoms with van der Waals surface area (Å²) in [6.07, 6.45) is 5.33. The van der Waals surface area contributed by atoms with Gasteiger partial charge in [-0.3, -0.25) is 9.97 Å². The predicted molar refractivity (Wildman–Crippen MR) is 116 cm³/mol. The van der Waals surface area contributed by atoms with Crippen LogP contribution in [0.25, 0.3) is 22.5 Å². The third-order valence-electron chi connectivity index (χ3n) is 4.21. The molecular weight excluding hydrogens is 346 g/mol. The van der Waals surface area contributed by atoms with Crippen LogP contribution in [-0.4, -0.2) is 24.9 Å². The summed E-state index contributed by atoms with van der Waals surface area (Å²) >= 11 is 0. The smallest absolute Gasteiger partial charge is 0.369 e. The summed E-state index contributed by atoms with van der Waals surface area (Å²) in [5, 5.41) is 0. The van der Waals surface area contributed by atoms with Crippen molar-refractivity contribution in [2.75, 3.05) is 0 Å². The Balaban J connectivity index is 2.15. The fourth-order valence-corrected chi connectivity index (χ4v) is 2.76. The minimum absolute atomic E-state index is 0.736. The van der Waals surface area contributed by atoms with Gasteiger partial charge in [-0.1, -0.05) is 26.0 Å². The molecule has 0 saturated heterocycles. The normalized spacial score (nSPS) is 10.4. The standard InChI is InChI=1S/C22H24B2N2O2/c1-5-23-27-21-11-18(20-10-8-16(4)14-26-20)22(28-24-6-2)12-17(21)19-9-7-15(3)13-25-19/h7-14H,5-6H2,1-4H3. The van der Waals surface area contributed by atoms with Crippen molar-refractivity contribution in [3.05, 3.63) is 59.9 Å². The average molecular weight is 370 g/mol. The Labute approximate surface area is 168 Å². The van der Waals surface area contributed by atoms with Crippen LogP contribution in [0.4, 0.5) is 0 Å². The third-order valence-corrected chi connectivity index (χ3v) is 4.21. The first-order valence-corrected chi connectivity index (χ1v) is 9.63. The van der Waals surface area contributed by atoms with Gasteiger partial charge in [0.15, 0.2) is 0 Å². The van der Waals surface area contributed by atoms with Crippen molar-refractivity contribution < 1.29 is 9.31 Å². The maximum absolute atomic E-state index is 5.96. The van der Waals surface area contributed by atoms with E-state index in [9.17, 15) is 0 Å². The van der Waals surface area contributed by atoms with E-state index in [0.29, 0.717) is 0 Å². The lowest BCUT2D eigenvalue weighted by Gasteiger charge is -2.17. The number of rotatable bonds is 8. The predicted octanol–water partition coefficient (Wildman–Crippen LogP) is 5.30. The van der Waals surface area contributed by atoms with E-state index in [1.54, 1.807) is 15.0 Å².